The molecule has 1 aromatic heterocycles. The van der Waals surface area contributed by atoms with Crippen molar-refractivity contribution in [1.29, 1.82) is 0 Å². The number of carbonyl (C=O) groups excluding carboxylic acids is 1. The first-order valence-corrected chi connectivity index (χ1v) is 10.0. The van der Waals surface area contributed by atoms with Crippen molar-refractivity contribution in [3.05, 3.63) is 69.5 Å². The van der Waals surface area contributed by atoms with Gasteiger partial charge in [-0.25, -0.2) is 0 Å². The lowest BCUT2D eigenvalue weighted by Crippen LogP contribution is -2.29. The van der Waals surface area contributed by atoms with Crippen molar-refractivity contribution in [2.75, 3.05) is 12.3 Å². The number of thioether (sulfide) groups is 1. The fourth-order valence-electron chi connectivity index (χ4n) is 2.81. The van der Waals surface area contributed by atoms with Gasteiger partial charge in [0.15, 0.2) is 0 Å². The molecule has 1 aliphatic rings. The zero-order valence-electron chi connectivity index (χ0n) is 12.2. The maximum absolute atomic E-state index is 13.0. The van der Waals surface area contributed by atoms with Gasteiger partial charge in [0.05, 0.1) is 4.88 Å². The highest BCUT2D eigenvalue weighted by Crippen LogP contribution is 2.40. The van der Waals surface area contributed by atoms with Crippen molar-refractivity contribution in [3.63, 3.8) is 0 Å². The second-order valence-electron chi connectivity index (χ2n) is 5.42. The molecule has 0 N–H and O–H groups in total. The van der Waals surface area contributed by atoms with Gasteiger partial charge in [-0.05, 0) is 35.2 Å². The molecule has 0 aliphatic carbocycles. The molecule has 0 bridgehead atoms. The average Bonchev–Trinajstić information content (AvgIpc) is 3.21. The van der Waals surface area contributed by atoms with Crippen molar-refractivity contribution < 1.29 is 4.79 Å². The monoisotopic (exact) mass is 403 g/mol. The number of hydrogen-bond donors (Lipinski definition) is 0. The van der Waals surface area contributed by atoms with Crippen LogP contribution in [0.2, 0.25) is 0 Å². The third-order valence-corrected chi connectivity index (χ3v) is 6.84. The molecule has 116 valence electrons. The Balaban J connectivity index is 1.65. The summed E-state index contributed by atoms with van der Waals surface area (Å²) in [7, 11) is 0. The lowest BCUT2D eigenvalue weighted by Gasteiger charge is -2.23. The lowest BCUT2D eigenvalue weighted by molar-refractivity contribution is 0.0765. The number of hydrogen-bond acceptors (Lipinski definition) is 3. The van der Waals surface area contributed by atoms with Gasteiger partial charge in [-0.2, -0.15) is 0 Å². The second kappa shape index (κ2) is 6.30. The smallest absolute Gasteiger partial charge is 0.265 e. The maximum Gasteiger partial charge on any atom is 0.265 e. The van der Waals surface area contributed by atoms with E-state index in [0.717, 1.165) is 27.0 Å². The molecule has 1 aliphatic heterocycles. The Labute approximate surface area is 151 Å². The highest BCUT2D eigenvalue weighted by atomic mass is 79.9. The van der Waals surface area contributed by atoms with Crippen LogP contribution in [0, 0.1) is 0 Å². The van der Waals surface area contributed by atoms with Crippen LogP contribution in [0.1, 0.15) is 20.6 Å². The first-order chi connectivity index (χ1) is 11.2. The summed E-state index contributed by atoms with van der Waals surface area (Å²) in [5.41, 5.74) is 1.19. The summed E-state index contributed by atoms with van der Waals surface area (Å²) in [6, 6.07) is 18.4. The Morgan fingerprint density at radius 3 is 2.70 bits per heavy atom. The van der Waals surface area contributed by atoms with Crippen LogP contribution in [0.5, 0.6) is 0 Å². The minimum Gasteiger partial charge on any atom is -0.321 e. The Morgan fingerprint density at radius 2 is 1.91 bits per heavy atom. The third-order valence-electron chi connectivity index (χ3n) is 3.94. The van der Waals surface area contributed by atoms with Gasteiger partial charge in [0.1, 0.15) is 5.37 Å². The van der Waals surface area contributed by atoms with Gasteiger partial charge < -0.3 is 4.90 Å². The normalized spacial score (nSPS) is 17.8. The van der Waals surface area contributed by atoms with Crippen molar-refractivity contribution in [2.45, 2.75) is 5.37 Å². The van der Waals surface area contributed by atoms with Crippen LogP contribution in [0.4, 0.5) is 0 Å². The van der Waals surface area contributed by atoms with Crippen molar-refractivity contribution >= 4 is 55.0 Å². The zero-order valence-corrected chi connectivity index (χ0v) is 15.5. The number of halogens is 1. The predicted molar refractivity (Wildman–Crippen MR) is 102 cm³/mol. The van der Waals surface area contributed by atoms with E-state index in [1.165, 1.54) is 10.3 Å². The number of thiophene rings is 1. The molecule has 0 spiro atoms. The van der Waals surface area contributed by atoms with E-state index in [4.69, 9.17) is 0 Å². The molecule has 4 rings (SSSR count). The van der Waals surface area contributed by atoms with Crippen LogP contribution in [0.15, 0.2) is 59.1 Å². The van der Waals surface area contributed by atoms with E-state index in [0.29, 0.717) is 0 Å². The quantitative estimate of drug-likeness (QED) is 0.558. The van der Waals surface area contributed by atoms with Crippen molar-refractivity contribution in [3.8, 4) is 0 Å². The number of carbonyl (C=O) groups is 1. The van der Waals surface area contributed by atoms with Gasteiger partial charge in [-0.15, -0.1) is 23.1 Å². The highest BCUT2D eigenvalue weighted by Gasteiger charge is 2.31. The van der Waals surface area contributed by atoms with Crippen LogP contribution in [0.25, 0.3) is 10.1 Å². The van der Waals surface area contributed by atoms with Gasteiger partial charge in [0, 0.05) is 21.5 Å². The van der Waals surface area contributed by atoms with Crippen LogP contribution < -0.4 is 0 Å². The topological polar surface area (TPSA) is 20.3 Å². The van der Waals surface area contributed by atoms with E-state index in [1.807, 2.05) is 47.0 Å². The van der Waals surface area contributed by atoms with E-state index < -0.39 is 0 Å². The van der Waals surface area contributed by atoms with Crippen molar-refractivity contribution in [1.82, 2.24) is 4.90 Å². The largest absolute Gasteiger partial charge is 0.321 e. The van der Waals surface area contributed by atoms with Crippen LogP contribution in [-0.2, 0) is 0 Å². The summed E-state index contributed by atoms with van der Waals surface area (Å²) in [6.45, 7) is 0.804. The first kappa shape index (κ1) is 15.2. The van der Waals surface area contributed by atoms with E-state index in [2.05, 4.69) is 40.2 Å². The van der Waals surface area contributed by atoms with Crippen LogP contribution >= 0.6 is 39.0 Å². The second-order valence-corrected chi connectivity index (χ2v) is 8.61. The number of amides is 1. The molecule has 1 atom stereocenters. The minimum absolute atomic E-state index is 0.112. The van der Waals surface area contributed by atoms with E-state index >= 15 is 0 Å². The molecule has 1 unspecified atom stereocenters. The molecule has 1 fully saturated rings. The SMILES string of the molecule is O=C(c1cc2ccccc2s1)N1CCSC1c1ccc(Br)cc1. The molecule has 0 radical (unpaired) electrons. The number of rotatable bonds is 2. The minimum atomic E-state index is 0.112. The summed E-state index contributed by atoms with van der Waals surface area (Å²) < 4.78 is 2.23. The summed E-state index contributed by atoms with van der Waals surface area (Å²) in [5.74, 6) is 1.13. The Kier molecular flexibility index (Phi) is 4.18. The van der Waals surface area contributed by atoms with E-state index in [9.17, 15) is 4.79 Å². The number of fused-ring (bicyclic) bond motifs is 1. The number of benzene rings is 2. The van der Waals surface area contributed by atoms with Crippen LogP contribution in [0.3, 0.4) is 0 Å². The molecule has 0 saturated carbocycles. The fourth-order valence-corrected chi connectivity index (χ4v) is 5.35. The average molecular weight is 404 g/mol. The molecule has 2 aromatic carbocycles. The van der Waals surface area contributed by atoms with E-state index in [1.54, 1.807) is 11.3 Å². The molecular weight excluding hydrogens is 390 g/mol. The molecular formula is C18H14BrNOS2. The number of nitrogens with zero attached hydrogens (tertiary/aromatic N) is 1. The Hall–Kier alpha value is -1.30. The predicted octanol–water partition coefficient (Wildman–Crippen LogP) is 5.55. The zero-order chi connectivity index (χ0) is 15.8. The first-order valence-electron chi connectivity index (χ1n) is 7.39. The Bertz CT molecular complexity index is 826. The fraction of sp³-hybridized carbons (Fsp3) is 0.167. The van der Waals surface area contributed by atoms with Gasteiger partial charge in [0.25, 0.3) is 5.91 Å². The van der Waals surface area contributed by atoms with Gasteiger partial charge >= 0.3 is 0 Å². The molecule has 1 saturated heterocycles. The highest BCUT2D eigenvalue weighted by molar-refractivity contribution is 9.10. The molecule has 5 heteroatoms. The molecule has 23 heavy (non-hydrogen) atoms. The molecule has 2 nitrogen and oxygen atoms in total. The van der Waals surface area contributed by atoms with Crippen LogP contribution in [-0.4, -0.2) is 23.1 Å². The summed E-state index contributed by atoms with van der Waals surface area (Å²) in [4.78, 5) is 15.8. The standard InChI is InChI=1S/C18H14BrNOS2/c19-14-7-5-12(6-8-14)18-20(9-10-22-18)17(21)16-11-13-3-1-2-4-15(13)23-16/h1-8,11,18H,9-10H2. The summed E-state index contributed by atoms with van der Waals surface area (Å²) in [6.07, 6.45) is 0. The summed E-state index contributed by atoms with van der Waals surface area (Å²) >= 11 is 6.89. The molecule has 2 heterocycles. The van der Waals surface area contributed by atoms with Gasteiger partial charge in [0.2, 0.25) is 0 Å². The molecule has 3 aromatic rings. The van der Waals surface area contributed by atoms with Gasteiger partial charge in [-0.1, -0.05) is 46.3 Å². The summed E-state index contributed by atoms with van der Waals surface area (Å²) in [5, 5.41) is 1.26. The lowest BCUT2D eigenvalue weighted by atomic mass is 10.2. The van der Waals surface area contributed by atoms with E-state index in [-0.39, 0.29) is 11.3 Å². The van der Waals surface area contributed by atoms with Gasteiger partial charge in [-0.3, -0.25) is 4.79 Å². The Morgan fingerprint density at radius 1 is 1.13 bits per heavy atom. The molecule has 1 amide bonds. The third kappa shape index (κ3) is 2.93. The maximum atomic E-state index is 13.0. The van der Waals surface area contributed by atoms with Crippen molar-refractivity contribution in [2.24, 2.45) is 0 Å².